The number of amides is 1. The number of aromatic nitrogens is 3. The number of rotatable bonds is 4. The van der Waals surface area contributed by atoms with Crippen molar-refractivity contribution in [2.45, 2.75) is 25.2 Å². The Bertz CT molecular complexity index is 441. The molecule has 1 aromatic rings. The molecule has 0 spiro atoms. The van der Waals surface area contributed by atoms with E-state index in [1.165, 1.54) is 0 Å². The number of ether oxygens (including phenoxy) is 1. The van der Waals surface area contributed by atoms with Crippen LogP contribution in [0, 0.1) is 5.92 Å². The molecular formula is C12H18N4O2. The van der Waals surface area contributed by atoms with E-state index in [-0.39, 0.29) is 5.91 Å². The summed E-state index contributed by atoms with van der Waals surface area (Å²) in [5, 5.41) is 6.91. The molecule has 1 aromatic heterocycles. The standard InChI is InChI=1S/C12H18N4O2/c1-18-7-8-4-5-16(6-8)12(17)11-13-10(14-15-11)9-2-3-9/h8-9H,2-7H2,1H3,(H,13,14,15). The van der Waals surface area contributed by atoms with Crippen molar-refractivity contribution < 1.29 is 9.53 Å². The van der Waals surface area contributed by atoms with Crippen LogP contribution in [0.2, 0.25) is 0 Å². The van der Waals surface area contributed by atoms with Gasteiger partial charge in [-0.05, 0) is 19.3 Å². The molecule has 6 nitrogen and oxygen atoms in total. The van der Waals surface area contributed by atoms with Crippen molar-refractivity contribution in [3.8, 4) is 0 Å². The highest BCUT2D eigenvalue weighted by atomic mass is 16.5. The average molecular weight is 250 g/mol. The molecule has 1 atom stereocenters. The molecule has 1 aliphatic carbocycles. The number of methoxy groups -OCH3 is 1. The largest absolute Gasteiger partial charge is 0.384 e. The van der Waals surface area contributed by atoms with Gasteiger partial charge in [0.2, 0.25) is 5.82 Å². The highest BCUT2D eigenvalue weighted by Gasteiger charge is 2.31. The molecule has 0 radical (unpaired) electrons. The van der Waals surface area contributed by atoms with Gasteiger partial charge in [0.25, 0.3) is 5.91 Å². The number of aromatic amines is 1. The predicted molar refractivity (Wildman–Crippen MR) is 64.2 cm³/mol. The zero-order chi connectivity index (χ0) is 12.5. The third-order valence-electron chi connectivity index (χ3n) is 3.63. The minimum Gasteiger partial charge on any atom is -0.384 e. The predicted octanol–water partition coefficient (Wildman–Crippen LogP) is 0.791. The summed E-state index contributed by atoms with van der Waals surface area (Å²) in [6.45, 7) is 2.24. The third-order valence-corrected chi connectivity index (χ3v) is 3.63. The number of hydrogen-bond acceptors (Lipinski definition) is 4. The molecule has 1 saturated heterocycles. The van der Waals surface area contributed by atoms with Gasteiger partial charge in [-0.25, -0.2) is 4.98 Å². The van der Waals surface area contributed by atoms with Crippen molar-refractivity contribution >= 4 is 5.91 Å². The lowest BCUT2D eigenvalue weighted by molar-refractivity contribution is 0.0764. The molecule has 1 amide bonds. The quantitative estimate of drug-likeness (QED) is 0.857. The minimum absolute atomic E-state index is 0.0586. The van der Waals surface area contributed by atoms with Gasteiger partial charge in [0.15, 0.2) is 0 Å². The summed E-state index contributed by atoms with van der Waals surface area (Å²) in [5.74, 6) is 2.07. The number of H-pyrrole nitrogens is 1. The first-order valence-electron chi connectivity index (χ1n) is 6.48. The maximum atomic E-state index is 12.2. The third kappa shape index (κ3) is 2.25. The number of hydrogen-bond donors (Lipinski definition) is 1. The van der Waals surface area contributed by atoms with Gasteiger partial charge in [-0.15, -0.1) is 5.10 Å². The zero-order valence-electron chi connectivity index (χ0n) is 10.6. The molecule has 2 aliphatic rings. The lowest BCUT2D eigenvalue weighted by atomic mass is 10.1. The summed E-state index contributed by atoms with van der Waals surface area (Å²) < 4.78 is 5.13. The fourth-order valence-corrected chi connectivity index (χ4v) is 2.44. The summed E-state index contributed by atoms with van der Waals surface area (Å²) in [4.78, 5) is 18.3. The van der Waals surface area contributed by atoms with Gasteiger partial charge in [0.1, 0.15) is 5.82 Å². The molecule has 1 N–H and O–H groups in total. The summed E-state index contributed by atoms with van der Waals surface area (Å²) in [6, 6.07) is 0. The maximum absolute atomic E-state index is 12.2. The monoisotopic (exact) mass is 250 g/mol. The van der Waals surface area contributed by atoms with Crippen molar-refractivity contribution in [1.29, 1.82) is 0 Å². The normalized spacial score (nSPS) is 23.6. The van der Waals surface area contributed by atoms with Crippen molar-refractivity contribution in [3.63, 3.8) is 0 Å². The molecule has 1 aliphatic heterocycles. The number of nitrogens with zero attached hydrogens (tertiary/aromatic N) is 3. The lowest BCUT2D eigenvalue weighted by Gasteiger charge is -2.13. The number of likely N-dealkylation sites (tertiary alicyclic amines) is 1. The summed E-state index contributed by atoms with van der Waals surface area (Å²) in [7, 11) is 1.70. The van der Waals surface area contributed by atoms with Crippen LogP contribution >= 0.6 is 0 Å². The second-order valence-corrected chi connectivity index (χ2v) is 5.18. The van der Waals surface area contributed by atoms with E-state index in [9.17, 15) is 4.79 Å². The molecule has 1 unspecified atom stereocenters. The van der Waals surface area contributed by atoms with E-state index >= 15 is 0 Å². The molecule has 1 saturated carbocycles. The Morgan fingerprint density at radius 3 is 3.06 bits per heavy atom. The van der Waals surface area contributed by atoms with Crippen LogP contribution < -0.4 is 0 Å². The second kappa shape index (κ2) is 4.68. The van der Waals surface area contributed by atoms with E-state index in [2.05, 4.69) is 15.2 Å². The van der Waals surface area contributed by atoms with Crippen LogP contribution in [-0.4, -0.2) is 52.8 Å². The topological polar surface area (TPSA) is 71.1 Å². The molecule has 98 valence electrons. The SMILES string of the molecule is COCC1CCN(C(=O)c2n[nH]c(C3CC3)n2)C1. The second-order valence-electron chi connectivity index (χ2n) is 5.18. The van der Waals surface area contributed by atoms with E-state index in [1.807, 2.05) is 4.90 Å². The van der Waals surface area contributed by atoms with Gasteiger partial charge in [-0.1, -0.05) is 0 Å². The molecule has 6 heteroatoms. The summed E-state index contributed by atoms with van der Waals surface area (Å²) >= 11 is 0. The van der Waals surface area contributed by atoms with Crippen molar-refractivity contribution in [3.05, 3.63) is 11.6 Å². The van der Waals surface area contributed by atoms with Crippen molar-refractivity contribution in [2.24, 2.45) is 5.92 Å². The fraction of sp³-hybridized carbons (Fsp3) is 0.750. The van der Waals surface area contributed by atoms with E-state index in [0.717, 1.165) is 38.2 Å². The first-order chi connectivity index (χ1) is 8.78. The molecule has 0 bridgehead atoms. The Kier molecular flexibility index (Phi) is 3.03. The van der Waals surface area contributed by atoms with Crippen molar-refractivity contribution in [2.75, 3.05) is 26.8 Å². The Morgan fingerprint density at radius 1 is 1.50 bits per heavy atom. The summed E-state index contributed by atoms with van der Waals surface area (Å²) in [6.07, 6.45) is 3.31. The Balaban J connectivity index is 1.63. The minimum atomic E-state index is -0.0586. The highest BCUT2D eigenvalue weighted by molar-refractivity contribution is 5.90. The van der Waals surface area contributed by atoms with Crippen LogP contribution in [0.5, 0.6) is 0 Å². The number of nitrogens with one attached hydrogen (secondary N) is 1. The Morgan fingerprint density at radius 2 is 2.33 bits per heavy atom. The molecule has 2 heterocycles. The molecule has 3 rings (SSSR count). The molecule has 2 fully saturated rings. The number of carbonyl (C=O) groups is 1. The maximum Gasteiger partial charge on any atom is 0.293 e. The van der Waals surface area contributed by atoms with Crippen LogP contribution in [-0.2, 0) is 4.74 Å². The Hall–Kier alpha value is -1.43. The van der Waals surface area contributed by atoms with E-state index in [0.29, 0.717) is 24.3 Å². The van der Waals surface area contributed by atoms with Gasteiger partial charge in [-0.2, -0.15) is 0 Å². The zero-order valence-corrected chi connectivity index (χ0v) is 10.6. The van der Waals surface area contributed by atoms with E-state index in [1.54, 1.807) is 7.11 Å². The van der Waals surface area contributed by atoms with E-state index in [4.69, 9.17) is 4.74 Å². The van der Waals surface area contributed by atoms with Gasteiger partial charge in [0, 0.05) is 32.0 Å². The van der Waals surface area contributed by atoms with Gasteiger partial charge >= 0.3 is 0 Å². The molecule has 18 heavy (non-hydrogen) atoms. The first-order valence-corrected chi connectivity index (χ1v) is 6.48. The first kappa shape index (κ1) is 11.6. The summed E-state index contributed by atoms with van der Waals surface area (Å²) in [5.41, 5.74) is 0. The van der Waals surface area contributed by atoms with Crippen LogP contribution in [0.1, 0.15) is 41.6 Å². The van der Waals surface area contributed by atoms with Crippen LogP contribution in [0.25, 0.3) is 0 Å². The molecular weight excluding hydrogens is 232 g/mol. The van der Waals surface area contributed by atoms with Crippen molar-refractivity contribution in [1.82, 2.24) is 20.1 Å². The fourth-order valence-electron chi connectivity index (χ4n) is 2.44. The van der Waals surface area contributed by atoms with Crippen LogP contribution in [0.15, 0.2) is 0 Å². The van der Waals surface area contributed by atoms with E-state index < -0.39 is 0 Å². The smallest absolute Gasteiger partial charge is 0.293 e. The van der Waals surface area contributed by atoms with Gasteiger partial charge < -0.3 is 9.64 Å². The average Bonchev–Trinajstić information content (AvgIpc) is 2.93. The van der Waals surface area contributed by atoms with Gasteiger partial charge in [-0.3, -0.25) is 9.89 Å². The van der Waals surface area contributed by atoms with Crippen LogP contribution in [0.3, 0.4) is 0 Å². The Labute approximate surface area is 106 Å². The van der Waals surface area contributed by atoms with Crippen LogP contribution in [0.4, 0.5) is 0 Å². The lowest BCUT2D eigenvalue weighted by Crippen LogP contribution is -2.30. The van der Waals surface area contributed by atoms with Gasteiger partial charge in [0.05, 0.1) is 6.61 Å². The number of carbonyl (C=O) groups excluding carboxylic acids is 1. The molecule has 0 aromatic carbocycles. The highest BCUT2D eigenvalue weighted by Crippen LogP contribution is 2.37.